The molecule has 0 aliphatic rings. The quantitative estimate of drug-likeness (QED) is 0.849. The molecule has 0 amide bonds. The Morgan fingerprint density at radius 1 is 1.55 bits per heavy atom. The number of carbonyl (C=O) groups is 1. The molecule has 1 atom stereocenters. The van der Waals surface area contributed by atoms with Gasteiger partial charge in [0.25, 0.3) is 10.0 Å². The van der Waals surface area contributed by atoms with Crippen LogP contribution < -0.4 is 4.72 Å². The average Bonchev–Trinajstić information content (AvgIpc) is 2.55. The second kappa shape index (κ2) is 5.71. The predicted octanol–water partition coefficient (Wildman–Crippen LogP) is 1.24. The van der Waals surface area contributed by atoms with Gasteiger partial charge in [0, 0.05) is 13.1 Å². The number of carboxylic acid groups (broad SMARTS) is 1. The number of aromatic nitrogens is 2. The van der Waals surface area contributed by atoms with Crippen molar-refractivity contribution in [3.05, 3.63) is 11.2 Å². The second-order valence-corrected chi connectivity index (χ2v) is 7.60. The first-order chi connectivity index (χ1) is 8.95. The first-order valence-corrected chi connectivity index (χ1v) is 7.73. The van der Waals surface area contributed by atoms with Gasteiger partial charge >= 0.3 is 5.97 Å². The molecule has 2 N–H and O–H groups in total. The van der Waals surface area contributed by atoms with Gasteiger partial charge in [0.2, 0.25) is 0 Å². The Bertz CT molecular complexity index is 584. The highest BCUT2D eigenvalue weighted by atomic mass is 35.5. The molecule has 0 bridgehead atoms. The molecule has 0 aliphatic heterocycles. The van der Waals surface area contributed by atoms with Crippen molar-refractivity contribution in [2.75, 3.05) is 0 Å². The molecule has 0 fully saturated rings. The summed E-state index contributed by atoms with van der Waals surface area (Å²) in [7, 11) is -2.50. The lowest BCUT2D eigenvalue weighted by Crippen LogP contribution is -2.45. The molecule has 114 valence electrons. The molecule has 1 unspecified atom stereocenters. The van der Waals surface area contributed by atoms with Gasteiger partial charge in [0.05, 0.1) is 17.6 Å². The molecular weight excluding hydrogens is 306 g/mol. The van der Waals surface area contributed by atoms with Crippen molar-refractivity contribution in [3.63, 3.8) is 0 Å². The standard InChI is InChI=1S/C11H18ClN3O4S/c1-11(2,3)8(5-9(16)17)14-20(18,19)10-7(12)6-13-15(10)4/h6,8,14H,5H2,1-4H3,(H,16,17). The Balaban J connectivity index is 3.13. The van der Waals surface area contributed by atoms with Crippen LogP contribution in [0, 0.1) is 5.41 Å². The maximum atomic E-state index is 12.3. The van der Waals surface area contributed by atoms with Crippen LogP contribution in [0.4, 0.5) is 0 Å². The van der Waals surface area contributed by atoms with Crippen LogP contribution in [0.3, 0.4) is 0 Å². The average molecular weight is 324 g/mol. The van der Waals surface area contributed by atoms with Crippen molar-refractivity contribution >= 4 is 27.6 Å². The molecule has 1 heterocycles. The topological polar surface area (TPSA) is 101 Å². The minimum Gasteiger partial charge on any atom is -0.481 e. The monoisotopic (exact) mass is 323 g/mol. The fourth-order valence-electron chi connectivity index (χ4n) is 1.64. The molecule has 0 saturated heterocycles. The maximum absolute atomic E-state index is 12.3. The van der Waals surface area contributed by atoms with Crippen LogP contribution in [0.2, 0.25) is 5.02 Å². The maximum Gasteiger partial charge on any atom is 0.304 e. The Kier molecular flexibility index (Phi) is 4.83. The van der Waals surface area contributed by atoms with E-state index in [4.69, 9.17) is 16.7 Å². The summed E-state index contributed by atoms with van der Waals surface area (Å²) >= 11 is 5.81. The van der Waals surface area contributed by atoms with Crippen LogP contribution in [0.1, 0.15) is 27.2 Å². The van der Waals surface area contributed by atoms with Gasteiger partial charge in [0.15, 0.2) is 5.03 Å². The Hall–Kier alpha value is -1.12. The lowest BCUT2D eigenvalue weighted by atomic mass is 9.85. The van der Waals surface area contributed by atoms with E-state index in [1.54, 1.807) is 20.8 Å². The van der Waals surface area contributed by atoms with Crippen LogP contribution >= 0.6 is 11.6 Å². The highest BCUT2D eigenvalue weighted by Gasteiger charge is 2.33. The van der Waals surface area contributed by atoms with Gasteiger partial charge in [-0.25, -0.2) is 13.1 Å². The lowest BCUT2D eigenvalue weighted by molar-refractivity contribution is -0.138. The molecule has 7 nitrogen and oxygen atoms in total. The molecule has 0 radical (unpaired) electrons. The number of nitrogens with one attached hydrogen (secondary N) is 1. The summed E-state index contributed by atoms with van der Waals surface area (Å²) in [6.07, 6.45) is 0.900. The van der Waals surface area contributed by atoms with Crippen LogP contribution in [0.25, 0.3) is 0 Å². The van der Waals surface area contributed by atoms with Crippen LogP contribution in [0.15, 0.2) is 11.2 Å². The molecule has 9 heteroatoms. The summed E-state index contributed by atoms with van der Waals surface area (Å²) in [5.74, 6) is -1.08. The summed E-state index contributed by atoms with van der Waals surface area (Å²) in [4.78, 5) is 10.9. The fraction of sp³-hybridized carbons (Fsp3) is 0.636. The molecule has 0 aromatic carbocycles. The SMILES string of the molecule is Cn1ncc(Cl)c1S(=O)(=O)NC(CC(=O)O)C(C)(C)C. The van der Waals surface area contributed by atoms with Gasteiger partial charge in [0.1, 0.15) is 0 Å². The third-order valence-corrected chi connectivity index (χ3v) is 4.80. The van der Waals surface area contributed by atoms with E-state index in [0.29, 0.717) is 0 Å². The summed E-state index contributed by atoms with van der Waals surface area (Å²) in [5.41, 5.74) is -0.559. The zero-order valence-electron chi connectivity index (χ0n) is 11.7. The predicted molar refractivity (Wildman–Crippen MR) is 74.0 cm³/mol. The number of halogens is 1. The van der Waals surface area contributed by atoms with Gasteiger partial charge in [-0.15, -0.1) is 0 Å². The van der Waals surface area contributed by atoms with Crippen molar-refractivity contribution in [2.45, 2.75) is 38.3 Å². The minimum atomic E-state index is -3.95. The number of rotatable bonds is 5. The van der Waals surface area contributed by atoms with E-state index in [-0.39, 0.29) is 16.5 Å². The van der Waals surface area contributed by atoms with E-state index in [1.807, 2.05) is 0 Å². The van der Waals surface area contributed by atoms with E-state index < -0.39 is 27.4 Å². The molecular formula is C11H18ClN3O4S. The normalized spacial score (nSPS) is 14.2. The summed E-state index contributed by atoms with van der Waals surface area (Å²) in [5, 5.41) is 12.5. The second-order valence-electron chi connectivity index (χ2n) is 5.56. The van der Waals surface area contributed by atoms with Crippen molar-refractivity contribution in [3.8, 4) is 0 Å². The number of carboxylic acids is 1. The Morgan fingerprint density at radius 2 is 2.10 bits per heavy atom. The van der Waals surface area contributed by atoms with Crippen molar-refractivity contribution < 1.29 is 18.3 Å². The summed E-state index contributed by atoms with van der Waals surface area (Å²) < 4.78 is 28.2. The van der Waals surface area contributed by atoms with Crippen molar-refractivity contribution in [2.24, 2.45) is 12.5 Å². The third-order valence-electron chi connectivity index (χ3n) is 2.82. The first-order valence-electron chi connectivity index (χ1n) is 5.87. The number of sulfonamides is 1. The number of aryl methyl sites for hydroxylation is 1. The largest absolute Gasteiger partial charge is 0.481 e. The molecule has 0 spiro atoms. The third kappa shape index (κ3) is 3.94. The van der Waals surface area contributed by atoms with Crippen molar-refractivity contribution in [1.29, 1.82) is 0 Å². The van der Waals surface area contributed by atoms with E-state index >= 15 is 0 Å². The van der Waals surface area contributed by atoms with Gasteiger partial charge in [-0.3, -0.25) is 9.48 Å². The van der Waals surface area contributed by atoms with Gasteiger partial charge in [-0.2, -0.15) is 5.10 Å². The van der Waals surface area contributed by atoms with Crippen LogP contribution in [0.5, 0.6) is 0 Å². The lowest BCUT2D eigenvalue weighted by Gasteiger charge is -2.30. The van der Waals surface area contributed by atoms with Crippen LogP contribution in [-0.2, 0) is 21.9 Å². The van der Waals surface area contributed by atoms with Crippen LogP contribution in [-0.4, -0.2) is 35.3 Å². The molecule has 0 aliphatic carbocycles. The number of aliphatic carboxylic acids is 1. The van der Waals surface area contributed by atoms with E-state index in [1.165, 1.54) is 13.2 Å². The first kappa shape index (κ1) is 16.9. The van der Waals surface area contributed by atoms with Gasteiger partial charge in [-0.1, -0.05) is 32.4 Å². The number of hydrogen-bond acceptors (Lipinski definition) is 4. The van der Waals surface area contributed by atoms with E-state index in [0.717, 1.165) is 4.68 Å². The fourth-order valence-corrected chi connectivity index (χ4v) is 3.74. The van der Waals surface area contributed by atoms with Gasteiger partial charge in [-0.05, 0) is 5.41 Å². The highest BCUT2D eigenvalue weighted by molar-refractivity contribution is 7.89. The zero-order chi connectivity index (χ0) is 15.7. The van der Waals surface area contributed by atoms with E-state index in [2.05, 4.69) is 9.82 Å². The molecule has 1 aromatic heterocycles. The smallest absolute Gasteiger partial charge is 0.304 e. The zero-order valence-corrected chi connectivity index (χ0v) is 13.3. The Morgan fingerprint density at radius 3 is 2.45 bits per heavy atom. The number of hydrogen-bond donors (Lipinski definition) is 2. The minimum absolute atomic E-state index is 0.0111. The van der Waals surface area contributed by atoms with Gasteiger partial charge < -0.3 is 5.11 Å². The summed E-state index contributed by atoms with van der Waals surface area (Å²) in [6.45, 7) is 5.27. The number of nitrogens with zero attached hydrogens (tertiary/aromatic N) is 2. The molecule has 20 heavy (non-hydrogen) atoms. The van der Waals surface area contributed by atoms with E-state index in [9.17, 15) is 13.2 Å². The molecule has 0 saturated carbocycles. The Labute approximate surface area is 123 Å². The summed E-state index contributed by atoms with van der Waals surface area (Å²) in [6, 6.07) is -0.768. The molecule has 1 rings (SSSR count). The molecule has 1 aromatic rings. The van der Waals surface area contributed by atoms with Crippen molar-refractivity contribution in [1.82, 2.24) is 14.5 Å². The highest BCUT2D eigenvalue weighted by Crippen LogP contribution is 2.26.